The fourth-order valence-corrected chi connectivity index (χ4v) is 8.85. The lowest BCUT2D eigenvalue weighted by Gasteiger charge is -2.32. The molecule has 342 valence electrons. The fraction of sp³-hybridized carbons (Fsp3) is 0.320. The number of nitrogens with zero attached hydrogens (tertiary/aromatic N) is 6. The number of nitrogens with one attached hydrogen (secondary N) is 3. The van der Waals surface area contributed by atoms with Crippen molar-refractivity contribution >= 4 is 63.7 Å². The summed E-state index contributed by atoms with van der Waals surface area (Å²) in [6.07, 6.45) is 4.88. The van der Waals surface area contributed by atoms with E-state index in [0.717, 1.165) is 73.5 Å². The number of aromatic nitrogens is 4. The molecule has 16 heteroatoms. The van der Waals surface area contributed by atoms with Crippen LogP contribution in [0.5, 0.6) is 0 Å². The van der Waals surface area contributed by atoms with Crippen molar-refractivity contribution < 1.29 is 34.5 Å². The summed E-state index contributed by atoms with van der Waals surface area (Å²) in [6, 6.07) is 30.4. The number of hydrogen-bond acceptors (Lipinski definition) is 10. The molecule has 5 aromatic rings. The molecule has 3 aromatic heterocycles. The Balaban J connectivity index is 1.09. The van der Waals surface area contributed by atoms with Crippen LogP contribution in [0.15, 0.2) is 91.0 Å². The van der Waals surface area contributed by atoms with Gasteiger partial charge in [0.2, 0.25) is 5.91 Å². The lowest BCUT2D eigenvalue weighted by molar-refractivity contribution is -0.140. The van der Waals surface area contributed by atoms with Gasteiger partial charge in [0.15, 0.2) is 0 Å². The number of H-pyrrole nitrogens is 2. The molecular formula is C50H55N9O7. The van der Waals surface area contributed by atoms with E-state index in [1.165, 1.54) is 0 Å². The summed E-state index contributed by atoms with van der Waals surface area (Å²) in [5.74, 6) is -3.33. The highest BCUT2D eigenvalue weighted by Gasteiger charge is 2.28. The van der Waals surface area contributed by atoms with Gasteiger partial charge in [-0.05, 0) is 71.8 Å². The number of rotatable bonds is 11. The van der Waals surface area contributed by atoms with E-state index in [1.807, 2.05) is 59.5 Å². The van der Waals surface area contributed by atoms with Gasteiger partial charge < -0.3 is 30.6 Å². The van der Waals surface area contributed by atoms with Gasteiger partial charge in [0.05, 0.1) is 37.6 Å². The Kier molecular flexibility index (Phi) is 13.8. The van der Waals surface area contributed by atoms with Crippen LogP contribution in [-0.4, -0.2) is 157 Å². The lowest BCUT2D eigenvalue weighted by Crippen LogP contribution is -2.49. The van der Waals surface area contributed by atoms with E-state index in [2.05, 4.69) is 77.7 Å². The van der Waals surface area contributed by atoms with Crippen LogP contribution in [0.2, 0.25) is 0 Å². The molecule has 0 saturated carbocycles. The van der Waals surface area contributed by atoms with Gasteiger partial charge >= 0.3 is 17.9 Å². The molecule has 0 spiro atoms. The van der Waals surface area contributed by atoms with Crippen molar-refractivity contribution in [1.82, 2.24) is 39.5 Å². The lowest BCUT2D eigenvalue weighted by atomic mass is 9.87. The zero-order valence-electron chi connectivity index (χ0n) is 37.2. The second-order valence-corrected chi connectivity index (χ2v) is 17.7. The highest BCUT2D eigenvalue weighted by molar-refractivity contribution is 5.96. The first-order chi connectivity index (χ1) is 31.7. The first-order valence-electron chi connectivity index (χ1n) is 22.2. The molecule has 6 heterocycles. The molecule has 0 aliphatic carbocycles. The SMILES string of the molecule is CC1(C)Cc2cc3ccc([nH]3)c(-c3ccccc3)c3nc(c(-c4ccc(NC(=O)CN5CCN(CC(=O)O)CCN(CC(=O)O)CCN(CC(=O)O)CC5)cc4)c4ccc(cc1n2)[nH]4)C=C3. The van der Waals surface area contributed by atoms with E-state index in [0.29, 0.717) is 45.0 Å². The number of benzene rings is 2. The van der Waals surface area contributed by atoms with Crippen LogP contribution in [0.25, 0.3) is 56.5 Å². The topological polar surface area (TPSA) is 211 Å². The summed E-state index contributed by atoms with van der Waals surface area (Å²) >= 11 is 0. The predicted molar refractivity (Wildman–Crippen MR) is 255 cm³/mol. The van der Waals surface area contributed by atoms with Gasteiger partial charge in [-0.3, -0.25) is 43.8 Å². The minimum Gasteiger partial charge on any atom is -0.480 e. The van der Waals surface area contributed by atoms with Gasteiger partial charge in [0, 0.05) is 114 Å². The molecule has 1 fully saturated rings. The molecular weight excluding hydrogens is 839 g/mol. The average molecular weight is 894 g/mol. The summed E-state index contributed by atoms with van der Waals surface area (Å²) in [6.45, 7) is 6.11. The standard InChI is InChI=1S/C50H55N9O7/c1-50(2)28-38-26-36-12-14-39(51-36)48(33-6-4-3-5-7-33)41-16-17-42(55-41)49(40-15-13-37(52-40)27-43(50)53-38)34-8-10-35(11-9-34)54-44(60)29-56-18-20-57(30-45(61)62)22-24-59(32-47(65)66)25-23-58(21-19-56)31-46(63)64/h3-17,26-27,51-52H,18-25,28-32H2,1-2H3,(H,54,60)(H,61,62)(H,63,64)(H,65,66). The quantitative estimate of drug-likeness (QED) is 0.0916. The van der Waals surface area contributed by atoms with Gasteiger partial charge in [-0.1, -0.05) is 56.3 Å². The van der Waals surface area contributed by atoms with Gasteiger partial charge in [0.1, 0.15) is 0 Å². The van der Waals surface area contributed by atoms with Crippen LogP contribution in [0.1, 0.15) is 36.6 Å². The van der Waals surface area contributed by atoms with Crippen LogP contribution < -0.4 is 5.32 Å². The second kappa shape index (κ2) is 20.0. The molecule has 6 N–H and O–H groups in total. The minimum atomic E-state index is -1.02. The van der Waals surface area contributed by atoms with Crippen LogP contribution in [0.4, 0.5) is 5.69 Å². The van der Waals surface area contributed by atoms with E-state index < -0.39 is 17.9 Å². The first kappa shape index (κ1) is 45.6. The third-order valence-electron chi connectivity index (χ3n) is 12.2. The van der Waals surface area contributed by atoms with Gasteiger partial charge in [-0.2, -0.15) is 0 Å². The van der Waals surface area contributed by atoms with Crippen molar-refractivity contribution in [3.8, 4) is 22.3 Å². The van der Waals surface area contributed by atoms with Crippen molar-refractivity contribution in [2.75, 3.05) is 83.9 Å². The normalized spacial score (nSPS) is 16.6. The molecule has 3 aliphatic rings. The van der Waals surface area contributed by atoms with E-state index in [1.54, 1.807) is 14.7 Å². The van der Waals surface area contributed by atoms with Crippen molar-refractivity contribution in [3.63, 3.8) is 0 Å². The zero-order valence-corrected chi connectivity index (χ0v) is 37.2. The fourth-order valence-electron chi connectivity index (χ4n) is 8.85. The molecule has 0 atom stereocenters. The maximum absolute atomic E-state index is 13.7. The molecule has 1 amide bonds. The molecule has 0 radical (unpaired) electrons. The number of hydrogen-bond donors (Lipinski definition) is 6. The van der Waals surface area contributed by atoms with E-state index in [4.69, 9.17) is 9.97 Å². The monoisotopic (exact) mass is 893 g/mol. The first-order valence-corrected chi connectivity index (χ1v) is 22.2. The maximum atomic E-state index is 13.7. The Morgan fingerprint density at radius 1 is 0.576 bits per heavy atom. The number of aliphatic carboxylic acids is 3. The molecule has 0 unspecified atom stereocenters. The number of carboxylic acid groups (broad SMARTS) is 3. The zero-order chi connectivity index (χ0) is 46.4. The van der Waals surface area contributed by atoms with Gasteiger partial charge in [-0.15, -0.1) is 0 Å². The smallest absolute Gasteiger partial charge is 0.317 e. The third-order valence-corrected chi connectivity index (χ3v) is 12.2. The summed E-state index contributed by atoms with van der Waals surface area (Å²) in [5.41, 5.74) is 11.4. The van der Waals surface area contributed by atoms with E-state index in [-0.39, 0.29) is 50.6 Å². The maximum Gasteiger partial charge on any atom is 0.317 e. The number of carbonyl (C=O) groups excluding carboxylic acids is 1. The largest absolute Gasteiger partial charge is 0.480 e. The number of carboxylic acids is 3. The summed E-state index contributed by atoms with van der Waals surface area (Å²) in [7, 11) is 0. The third kappa shape index (κ3) is 11.4. The Morgan fingerprint density at radius 2 is 1.03 bits per heavy atom. The van der Waals surface area contributed by atoms with Crippen molar-refractivity contribution in [3.05, 3.63) is 114 Å². The van der Waals surface area contributed by atoms with Crippen molar-refractivity contribution in [2.24, 2.45) is 0 Å². The van der Waals surface area contributed by atoms with Crippen LogP contribution in [-0.2, 0) is 31.0 Å². The Bertz CT molecular complexity index is 2770. The summed E-state index contributed by atoms with van der Waals surface area (Å²) in [5, 5.41) is 31.7. The highest BCUT2D eigenvalue weighted by Crippen LogP contribution is 2.36. The highest BCUT2D eigenvalue weighted by atomic mass is 16.4. The number of amides is 1. The van der Waals surface area contributed by atoms with Crippen molar-refractivity contribution in [2.45, 2.75) is 25.7 Å². The average Bonchev–Trinajstić information content (AvgIpc) is 4.08. The predicted octanol–water partition coefficient (Wildman–Crippen LogP) is 5.75. The number of anilines is 1. The Hall–Kier alpha value is -6.98. The molecule has 8 bridgehead atoms. The molecule has 2 aromatic carbocycles. The Labute approximate surface area is 382 Å². The Morgan fingerprint density at radius 3 is 1.52 bits per heavy atom. The molecule has 8 rings (SSSR count). The molecule has 1 saturated heterocycles. The van der Waals surface area contributed by atoms with Gasteiger partial charge in [0.25, 0.3) is 0 Å². The van der Waals surface area contributed by atoms with Crippen molar-refractivity contribution in [1.29, 1.82) is 0 Å². The van der Waals surface area contributed by atoms with Gasteiger partial charge in [-0.25, -0.2) is 4.98 Å². The number of aromatic amines is 2. The number of carbonyl (C=O) groups is 4. The molecule has 66 heavy (non-hydrogen) atoms. The summed E-state index contributed by atoms with van der Waals surface area (Å²) in [4.78, 5) is 73.5. The second-order valence-electron chi connectivity index (χ2n) is 17.7. The summed E-state index contributed by atoms with van der Waals surface area (Å²) < 4.78 is 0. The molecule has 3 aliphatic heterocycles. The van der Waals surface area contributed by atoms with E-state index >= 15 is 0 Å². The van der Waals surface area contributed by atoms with Crippen LogP contribution >= 0.6 is 0 Å². The number of fused-ring (bicyclic) bond motifs is 8. The minimum absolute atomic E-state index is 0.0179. The molecule has 16 nitrogen and oxygen atoms in total. The van der Waals surface area contributed by atoms with E-state index in [9.17, 15) is 34.5 Å². The van der Waals surface area contributed by atoms with Crippen LogP contribution in [0.3, 0.4) is 0 Å². The van der Waals surface area contributed by atoms with Crippen LogP contribution in [0, 0.1) is 0 Å².